The fourth-order valence-corrected chi connectivity index (χ4v) is 3.51. The van der Waals surface area contributed by atoms with Crippen molar-refractivity contribution >= 4 is 5.95 Å². The number of aromatic amines is 1. The lowest BCUT2D eigenvalue weighted by atomic mass is 9.90. The smallest absolute Gasteiger partial charge is 0.252 e. The second kappa shape index (κ2) is 6.08. The summed E-state index contributed by atoms with van der Waals surface area (Å²) in [5.74, 6) is 0.617. The first kappa shape index (κ1) is 14.3. The van der Waals surface area contributed by atoms with Gasteiger partial charge in [0.15, 0.2) is 0 Å². The molecular weight excluding hydrogens is 294 g/mol. The molecule has 0 bridgehead atoms. The molecule has 1 saturated carbocycles. The maximum absolute atomic E-state index is 12.1. The minimum Gasteiger partial charge on any atom is -0.374 e. The van der Waals surface area contributed by atoms with Gasteiger partial charge in [-0.1, -0.05) is 12.8 Å². The Labute approximate surface area is 133 Å². The molecule has 7 heteroatoms. The average Bonchev–Trinajstić information content (AvgIpc) is 2.61. The van der Waals surface area contributed by atoms with Crippen LogP contribution in [-0.2, 0) is 4.74 Å². The molecule has 3 heterocycles. The van der Waals surface area contributed by atoms with Crippen LogP contribution in [0.3, 0.4) is 0 Å². The molecule has 0 unspecified atom stereocenters. The van der Waals surface area contributed by atoms with E-state index in [0.717, 1.165) is 19.4 Å². The van der Waals surface area contributed by atoms with E-state index < -0.39 is 0 Å². The molecule has 2 fully saturated rings. The maximum atomic E-state index is 12.1. The van der Waals surface area contributed by atoms with Crippen molar-refractivity contribution in [3.8, 4) is 11.4 Å². The van der Waals surface area contributed by atoms with Crippen LogP contribution in [-0.4, -0.2) is 45.2 Å². The summed E-state index contributed by atoms with van der Waals surface area (Å²) < 4.78 is 5.90. The molecule has 2 aromatic heterocycles. The molecule has 1 saturated heterocycles. The van der Waals surface area contributed by atoms with Gasteiger partial charge in [-0.15, -0.1) is 0 Å². The maximum Gasteiger partial charge on any atom is 0.252 e. The number of ether oxygens (including phenoxy) is 1. The zero-order valence-electron chi connectivity index (χ0n) is 12.8. The first-order valence-electron chi connectivity index (χ1n) is 8.07. The van der Waals surface area contributed by atoms with Crippen molar-refractivity contribution in [1.82, 2.24) is 19.9 Å². The quantitative estimate of drug-likeness (QED) is 0.901. The monoisotopic (exact) mass is 313 g/mol. The molecule has 2 atom stereocenters. The Balaban J connectivity index is 1.71. The molecule has 120 valence electrons. The van der Waals surface area contributed by atoms with Crippen LogP contribution >= 0.6 is 0 Å². The van der Waals surface area contributed by atoms with Gasteiger partial charge in [0.2, 0.25) is 5.95 Å². The molecule has 1 aliphatic carbocycles. The number of nitrogens with one attached hydrogen (secondary N) is 1. The number of fused-ring (bicyclic) bond motifs is 1. The highest BCUT2D eigenvalue weighted by molar-refractivity contribution is 5.55. The third kappa shape index (κ3) is 2.84. The highest BCUT2D eigenvalue weighted by atomic mass is 16.5. The summed E-state index contributed by atoms with van der Waals surface area (Å²) in [4.78, 5) is 29.9. The Hall–Kier alpha value is -2.28. The molecular formula is C16H19N5O2. The van der Waals surface area contributed by atoms with Gasteiger partial charge in [-0.3, -0.25) is 9.78 Å². The number of hydrogen-bond donors (Lipinski definition) is 1. The largest absolute Gasteiger partial charge is 0.374 e. The summed E-state index contributed by atoms with van der Waals surface area (Å²) in [5, 5.41) is 0. The van der Waals surface area contributed by atoms with Crippen LogP contribution in [0, 0.1) is 0 Å². The summed E-state index contributed by atoms with van der Waals surface area (Å²) in [6.07, 6.45) is 7.91. The molecule has 23 heavy (non-hydrogen) atoms. The highest BCUT2D eigenvalue weighted by Crippen LogP contribution is 2.30. The predicted molar refractivity (Wildman–Crippen MR) is 85.2 cm³/mol. The molecule has 2 aliphatic rings. The minimum absolute atomic E-state index is 0.164. The van der Waals surface area contributed by atoms with Gasteiger partial charge in [-0.2, -0.15) is 0 Å². The SMILES string of the molecule is O=c1cc(-c2ccncn2)nc(N2CCO[C@H]3CCCC[C@@H]32)[nH]1. The summed E-state index contributed by atoms with van der Waals surface area (Å²) >= 11 is 0. The molecule has 1 N–H and O–H groups in total. The number of morpholine rings is 1. The third-order valence-electron chi connectivity index (χ3n) is 4.58. The van der Waals surface area contributed by atoms with E-state index in [0.29, 0.717) is 30.0 Å². The van der Waals surface area contributed by atoms with Gasteiger partial charge in [0.1, 0.15) is 6.33 Å². The van der Waals surface area contributed by atoms with Crippen LogP contribution in [0.25, 0.3) is 11.4 Å². The first-order valence-corrected chi connectivity index (χ1v) is 8.07. The second-order valence-corrected chi connectivity index (χ2v) is 6.00. The molecule has 2 aromatic rings. The zero-order chi connectivity index (χ0) is 15.6. The van der Waals surface area contributed by atoms with E-state index in [2.05, 4.69) is 24.8 Å². The molecule has 0 amide bonds. The van der Waals surface area contributed by atoms with E-state index in [1.165, 1.54) is 25.2 Å². The van der Waals surface area contributed by atoms with Gasteiger partial charge in [0.25, 0.3) is 5.56 Å². The lowest BCUT2D eigenvalue weighted by Gasteiger charge is -2.44. The summed E-state index contributed by atoms with van der Waals surface area (Å²) in [7, 11) is 0. The van der Waals surface area contributed by atoms with E-state index in [9.17, 15) is 4.79 Å². The lowest BCUT2D eigenvalue weighted by molar-refractivity contribution is -0.00933. The van der Waals surface area contributed by atoms with E-state index in [4.69, 9.17) is 4.74 Å². The van der Waals surface area contributed by atoms with Gasteiger partial charge < -0.3 is 9.64 Å². The number of rotatable bonds is 2. The van der Waals surface area contributed by atoms with Crippen LogP contribution in [0.4, 0.5) is 5.95 Å². The van der Waals surface area contributed by atoms with Gasteiger partial charge >= 0.3 is 0 Å². The Kier molecular flexibility index (Phi) is 3.78. The van der Waals surface area contributed by atoms with E-state index in [-0.39, 0.29) is 11.7 Å². The normalized spacial score (nSPS) is 24.3. The van der Waals surface area contributed by atoms with Gasteiger partial charge in [0, 0.05) is 18.8 Å². The number of H-pyrrole nitrogens is 1. The fraction of sp³-hybridized carbons (Fsp3) is 0.500. The highest BCUT2D eigenvalue weighted by Gasteiger charge is 2.35. The average molecular weight is 313 g/mol. The van der Waals surface area contributed by atoms with Crippen molar-refractivity contribution < 1.29 is 4.74 Å². The fourth-order valence-electron chi connectivity index (χ4n) is 3.51. The minimum atomic E-state index is -0.164. The van der Waals surface area contributed by atoms with Crippen LogP contribution in [0.15, 0.2) is 29.5 Å². The Morgan fingerprint density at radius 3 is 3.04 bits per heavy atom. The lowest BCUT2D eigenvalue weighted by Crippen LogP contribution is -2.53. The number of hydrogen-bond acceptors (Lipinski definition) is 6. The summed E-state index contributed by atoms with van der Waals surface area (Å²) in [5.41, 5.74) is 1.06. The van der Waals surface area contributed by atoms with E-state index in [1.807, 2.05) is 0 Å². The van der Waals surface area contributed by atoms with Gasteiger partial charge in [-0.05, 0) is 18.9 Å². The second-order valence-electron chi connectivity index (χ2n) is 6.00. The standard InChI is InChI=1S/C16H19N5O2/c22-15-9-12(11-5-6-17-10-18-11)19-16(20-15)21-7-8-23-14-4-2-1-3-13(14)21/h5-6,9-10,13-14H,1-4,7-8H2,(H,19,20,22)/t13-,14-/m0/s1. The first-order chi connectivity index (χ1) is 11.3. The Morgan fingerprint density at radius 1 is 1.26 bits per heavy atom. The van der Waals surface area contributed by atoms with Crippen molar-refractivity contribution in [3.05, 3.63) is 35.0 Å². The predicted octanol–water partition coefficient (Wildman–Crippen LogP) is 1.37. The zero-order valence-corrected chi connectivity index (χ0v) is 12.8. The molecule has 4 rings (SSSR count). The summed E-state index contributed by atoms with van der Waals surface area (Å²) in [6.45, 7) is 1.42. The van der Waals surface area contributed by atoms with E-state index >= 15 is 0 Å². The van der Waals surface area contributed by atoms with Crippen molar-refractivity contribution in [1.29, 1.82) is 0 Å². The van der Waals surface area contributed by atoms with E-state index in [1.54, 1.807) is 12.3 Å². The molecule has 7 nitrogen and oxygen atoms in total. The van der Waals surface area contributed by atoms with Crippen molar-refractivity contribution in [2.24, 2.45) is 0 Å². The van der Waals surface area contributed by atoms with Crippen molar-refractivity contribution in [3.63, 3.8) is 0 Å². The topological polar surface area (TPSA) is 84.0 Å². The van der Waals surface area contributed by atoms with Crippen LogP contribution in [0.2, 0.25) is 0 Å². The number of anilines is 1. The molecule has 0 aromatic carbocycles. The molecule has 0 radical (unpaired) electrons. The van der Waals surface area contributed by atoms with Gasteiger partial charge in [-0.25, -0.2) is 15.0 Å². The summed E-state index contributed by atoms with van der Waals surface area (Å²) in [6, 6.07) is 3.53. The third-order valence-corrected chi connectivity index (χ3v) is 4.58. The van der Waals surface area contributed by atoms with Crippen LogP contribution in [0.1, 0.15) is 25.7 Å². The Morgan fingerprint density at radius 2 is 2.17 bits per heavy atom. The van der Waals surface area contributed by atoms with Crippen molar-refractivity contribution in [2.75, 3.05) is 18.1 Å². The van der Waals surface area contributed by atoms with Crippen LogP contribution in [0.5, 0.6) is 0 Å². The molecule has 0 spiro atoms. The molecule has 1 aliphatic heterocycles. The van der Waals surface area contributed by atoms with Crippen molar-refractivity contribution in [2.45, 2.75) is 37.8 Å². The van der Waals surface area contributed by atoms with Crippen LogP contribution < -0.4 is 10.5 Å². The van der Waals surface area contributed by atoms with Gasteiger partial charge in [0.05, 0.1) is 30.1 Å². The number of aromatic nitrogens is 4. The Bertz CT molecular complexity index is 731. The number of nitrogens with zero attached hydrogens (tertiary/aromatic N) is 4.